The fourth-order valence-corrected chi connectivity index (χ4v) is 4.55. The van der Waals surface area contributed by atoms with E-state index < -0.39 is 9.05 Å². The van der Waals surface area contributed by atoms with Gasteiger partial charge in [0.25, 0.3) is 15.0 Å². The molecule has 2 bridgehead atoms. The van der Waals surface area contributed by atoms with Gasteiger partial charge in [-0.05, 0) is 25.3 Å². The molecule has 0 aliphatic carbocycles. The Hall–Kier alpha value is -0.630. The number of fused-ring (bicyclic) bond motifs is 2. The second kappa shape index (κ2) is 4.73. The molecule has 1 aromatic heterocycles. The van der Waals surface area contributed by atoms with Gasteiger partial charge in [0.15, 0.2) is 0 Å². The van der Waals surface area contributed by atoms with Crippen LogP contribution >= 0.6 is 22.0 Å². The average Bonchev–Trinajstić information content (AvgIpc) is 3.03. The Kier molecular flexibility index (Phi) is 3.33. The quantitative estimate of drug-likeness (QED) is 0.860. The Labute approximate surface area is 119 Å². The number of ether oxygens (including phenoxy) is 1. The lowest BCUT2D eigenvalue weighted by Crippen LogP contribution is -2.41. The summed E-state index contributed by atoms with van der Waals surface area (Å²) in [5, 5.41) is 4.39. The minimum absolute atomic E-state index is 0.0106. The van der Waals surface area contributed by atoms with Crippen LogP contribution < -0.4 is 5.32 Å². The summed E-state index contributed by atoms with van der Waals surface area (Å²) in [7, 11) is 1.46. The molecule has 2 aliphatic heterocycles. The first kappa shape index (κ1) is 13.4. The second-order valence-electron chi connectivity index (χ2n) is 4.78. The zero-order valence-corrected chi connectivity index (χ0v) is 12.2. The smallest absolute Gasteiger partial charge is 0.270 e. The van der Waals surface area contributed by atoms with E-state index in [0.29, 0.717) is 5.56 Å². The number of nitrogens with one attached hydrogen (secondary N) is 1. The molecule has 8 heteroatoms. The monoisotopic (exact) mass is 321 g/mol. The lowest BCUT2D eigenvalue weighted by atomic mass is 9.95. The Morgan fingerprint density at radius 1 is 1.47 bits per heavy atom. The molecule has 1 N–H and O–H groups in total. The van der Waals surface area contributed by atoms with Crippen molar-refractivity contribution < 1.29 is 17.9 Å². The molecule has 0 spiro atoms. The van der Waals surface area contributed by atoms with E-state index in [1.54, 1.807) is 0 Å². The molecule has 2 aliphatic rings. The molecule has 1 aromatic rings. The third-order valence-corrected chi connectivity index (χ3v) is 6.54. The Morgan fingerprint density at radius 3 is 2.79 bits per heavy atom. The summed E-state index contributed by atoms with van der Waals surface area (Å²) < 4.78 is 27.9. The fourth-order valence-electron chi connectivity index (χ4n) is 2.60. The number of carbonyl (C=O) groups is 1. The molecule has 0 saturated carbocycles. The van der Waals surface area contributed by atoms with Gasteiger partial charge in [0.2, 0.25) is 0 Å². The first-order valence-corrected chi connectivity index (χ1v) is 9.12. The van der Waals surface area contributed by atoms with E-state index in [1.807, 2.05) is 0 Å². The average molecular weight is 322 g/mol. The van der Waals surface area contributed by atoms with Crippen LogP contribution in [0.1, 0.15) is 29.6 Å². The van der Waals surface area contributed by atoms with Crippen molar-refractivity contribution in [3.8, 4) is 0 Å². The van der Waals surface area contributed by atoms with Crippen molar-refractivity contribution in [2.75, 3.05) is 0 Å². The molecule has 5 nitrogen and oxygen atoms in total. The Balaban J connectivity index is 1.69. The van der Waals surface area contributed by atoms with E-state index in [-0.39, 0.29) is 28.4 Å². The first-order valence-electron chi connectivity index (χ1n) is 5.93. The summed E-state index contributed by atoms with van der Waals surface area (Å²) in [4.78, 5) is 12.0. The summed E-state index contributed by atoms with van der Waals surface area (Å²) in [5.41, 5.74) is 0.326. The van der Waals surface area contributed by atoms with Gasteiger partial charge in [-0.3, -0.25) is 4.79 Å². The lowest BCUT2D eigenvalue weighted by molar-refractivity contribution is 0.0841. The summed E-state index contributed by atoms with van der Waals surface area (Å²) in [6.45, 7) is 0. The highest BCUT2D eigenvalue weighted by atomic mass is 35.7. The molecule has 3 unspecified atom stereocenters. The molecular formula is C11H12ClNO4S2. The minimum atomic E-state index is -3.77. The van der Waals surface area contributed by atoms with Gasteiger partial charge >= 0.3 is 0 Å². The van der Waals surface area contributed by atoms with E-state index in [1.165, 1.54) is 11.4 Å². The number of rotatable bonds is 3. The molecule has 3 heterocycles. The minimum Gasteiger partial charge on any atom is -0.373 e. The topological polar surface area (TPSA) is 72.5 Å². The van der Waals surface area contributed by atoms with E-state index in [0.717, 1.165) is 30.6 Å². The summed E-state index contributed by atoms with van der Waals surface area (Å²) in [6, 6.07) is 1.33. The third kappa shape index (κ3) is 2.65. The zero-order chi connectivity index (χ0) is 13.6. The van der Waals surface area contributed by atoms with Gasteiger partial charge in [0.1, 0.15) is 4.21 Å². The SMILES string of the molecule is O=C(NC1CC2CCC1O2)c1csc(S(=O)(=O)Cl)c1. The van der Waals surface area contributed by atoms with Crippen molar-refractivity contribution >= 4 is 37.0 Å². The number of thiophene rings is 1. The number of carbonyl (C=O) groups excluding carboxylic acids is 1. The molecule has 0 aromatic carbocycles. The van der Waals surface area contributed by atoms with Crippen molar-refractivity contribution in [3.05, 3.63) is 17.0 Å². The molecule has 2 fully saturated rings. The molecular weight excluding hydrogens is 310 g/mol. The Bertz CT molecular complexity index is 612. The maximum Gasteiger partial charge on any atom is 0.270 e. The van der Waals surface area contributed by atoms with Crippen molar-refractivity contribution in [3.63, 3.8) is 0 Å². The van der Waals surface area contributed by atoms with Crippen LogP contribution in [0.4, 0.5) is 0 Å². The van der Waals surface area contributed by atoms with Gasteiger partial charge in [-0.1, -0.05) is 0 Å². The van der Waals surface area contributed by atoms with E-state index >= 15 is 0 Å². The van der Waals surface area contributed by atoms with Crippen molar-refractivity contribution in [2.45, 2.75) is 41.7 Å². The maximum absolute atomic E-state index is 12.0. The van der Waals surface area contributed by atoms with Gasteiger partial charge in [0.05, 0.1) is 23.8 Å². The van der Waals surface area contributed by atoms with Gasteiger partial charge in [0, 0.05) is 16.1 Å². The highest BCUT2D eigenvalue weighted by molar-refractivity contribution is 8.15. The fraction of sp³-hybridized carbons (Fsp3) is 0.545. The van der Waals surface area contributed by atoms with E-state index in [9.17, 15) is 13.2 Å². The van der Waals surface area contributed by atoms with Crippen LogP contribution in [0.25, 0.3) is 0 Å². The number of amides is 1. The highest BCUT2D eigenvalue weighted by Crippen LogP contribution is 2.34. The van der Waals surface area contributed by atoms with Crippen LogP contribution in [-0.4, -0.2) is 32.6 Å². The number of halogens is 1. The first-order chi connectivity index (χ1) is 8.93. The molecule has 1 amide bonds. The molecule has 3 atom stereocenters. The summed E-state index contributed by atoms with van der Waals surface area (Å²) in [6.07, 6.45) is 3.23. The number of hydrogen-bond donors (Lipinski definition) is 1. The highest BCUT2D eigenvalue weighted by Gasteiger charge is 2.41. The maximum atomic E-state index is 12.0. The lowest BCUT2D eigenvalue weighted by Gasteiger charge is -2.19. The van der Waals surface area contributed by atoms with Crippen LogP contribution in [0.5, 0.6) is 0 Å². The predicted octanol–water partition coefficient (Wildman–Crippen LogP) is 1.73. The molecule has 2 saturated heterocycles. The van der Waals surface area contributed by atoms with Crippen LogP contribution in [0.3, 0.4) is 0 Å². The van der Waals surface area contributed by atoms with E-state index in [4.69, 9.17) is 15.4 Å². The summed E-state index contributed by atoms with van der Waals surface area (Å²) >= 11 is 0.946. The van der Waals surface area contributed by atoms with Crippen molar-refractivity contribution in [1.82, 2.24) is 5.32 Å². The van der Waals surface area contributed by atoms with Crippen LogP contribution in [0, 0.1) is 0 Å². The third-order valence-electron chi connectivity index (χ3n) is 3.50. The van der Waals surface area contributed by atoms with Gasteiger partial charge in [-0.2, -0.15) is 0 Å². The molecule has 0 radical (unpaired) electrons. The van der Waals surface area contributed by atoms with Gasteiger partial charge < -0.3 is 10.1 Å². The zero-order valence-electron chi connectivity index (χ0n) is 9.84. The van der Waals surface area contributed by atoms with Crippen LogP contribution in [0.2, 0.25) is 0 Å². The van der Waals surface area contributed by atoms with Crippen molar-refractivity contribution in [2.24, 2.45) is 0 Å². The van der Waals surface area contributed by atoms with Crippen molar-refractivity contribution in [1.29, 1.82) is 0 Å². The predicted molar refractivity (Wildman–Crippen MR) is 71.1 cm³/mol. The number of hydrogen-bond acceptors (Lipinski definition) is 5. The van der Waals surface area contributed by atoms with Crippen LogP contribution in [-0.2, 0) is 13.8 Å². The standard InChI is InChI=1S/C11H12ClNO4S2/c12-19(15,16)10-3-6(5-18-10)11(14)13-8-4-7-1-2-9(8)17-7/h3,5,7-9H,1-2,4H2,(H,13,14). The summed E-state index contributed by atoms with van der Waals surface area (Å²) in [5.74, 6) is -0.274. The van der Waals surface area contributed by atoms with Crippen LogP contribution in [0.15, 0.2) is 15.7 Å². The van der Waals surface area contributed by atoms with Gasteiger partial charge in [-0.25, -0.2) is 8.42 Å². The molecule has 19 heavy (non-hydrogen) atoms. The van der Waals surface area contributed by atoms with Gasteiger partial charge in [-0.15, -0.1) is 11.3 Å². The largest absolute Gasteiger partial charge is 0.373 e. The van der Waals surface area contributed by atoms with E-state index in [2.05, 4.69) is 5.32 Å². The normalized spacial score (nSPS) is 29.6. The molecule has 104 valence electrons. The Morgan fingerprint density at radius 2 is 2.26 bits per heavy atom. The molecule has 3 rings (SSSR count). The second-order valence-corrected chi connectivity index (χ2v) is 8.49.